The van der Waals surface area contributed by atoms with Crippen LogP contribution in [0, 0.1) is 12.8 Å². The smallest absolute Gasteiger partial charge is 0.225 e. The normalized spacial score (nSPS) is 22.0. The van der Waals surface area contributed by atoms with Crippen molar-refractivity contribution in [1.29, 1.82) is 0 Å². The Bertz CT molecular complexity index is 621. The summed E-state index contributed by atoms with van der Waals surface area (Å²) in [5.41, 5.74) is 2.33. The molecule has 0 radical (unpaired) electrons. The molecule has 0 aromatic heterocycles. The molecule has 1 unspecified atom stereocenters. The summed E-state index contributed by atoms with van der Waals surface area (Å²) in [5, 5.41) is 3.19. The van der Waals surface area contributed by atoms with Crippen molar-refractivity contribution in [2.75, 3.05) is 26.2 Å². The molecule has 5 heteroatoms. The van der Waals surface area contributed by atoms with Gasteiger partial charge in [-0.05, 0) is 38.3 Å². The molecule has 2 aliphatic rings. The van der Waals surface area contributed by atoms with E-state index in [0.717, 1.165) is 38.0 Å². The molecule has 2 heterocycles. The monoisotopic (exact) mass is 357 g/mol. The molecule has 0 saturated carbocycles. The summed E-state index contributed by atoms with van der Waals surface area (Å²) in [6, 6.07) is 8.49. The minimum atomic E-state index is -0.207. The molecule has 142 valence electrons. The first-order valence-electron chi connectivity index (χ1n) is 9.91. The minimum Gasteiger partial charge on any atom is -0.353 e. The van der Waals surface area contributed by atoms with Gasteiger partial charge in [0.25, 0.3) is 0 Å². The molecule has 1 N–H and O–H groups in total. The van der Waals surface area contributed by atoms with Crippen molar-refractivity contribution < 1.29 is 9.59 Å². The SMILES string of the molecule is CCCN1CCC(NC(=O)C2CC(=O)N(Cc3ccc(C)cc3)C2)CC1. The first kappa shape index (κ1) is 18.9. The van der Waals surface area contributed by atoms with Crippen molar-refractivity contribution in [3.63, 3.8) is 0 Å². The van der Waals surface area contributed by atoms with Gasteiger partial charge in [-0.25, -0.2) is 0 Å². The van der Waals surface area contributed by atoms with Crippen LogP contribution in [0.25, 0.3) is 0 Å². The summed E-state index contributed by atoms with van der Waals surface area (Å²) >= 11 is 0. The Morgan fingerprint density at radius 2 is 1.88 bits per heavy atom. The molecule has 1 aromatic carbocycles. The fraction of sp³-hybridized carbons (Fsp3) is 0.619. The maximum Gasteiger partial charge on any atom is 0.225 e. The molecule has 1 aromatic rings. The predicted molar refractivity (Wildman–Crippen MR) is 103 cm³/mol. The van der Waals surface area contributed by atoms with Gasteiger partial charge in [-0.15, -0.1) is 0 Å². The van der Waals surface area contributed by atoms with Crippen molar-refractivity contribution in [3.8, 4) is 0 Å². The van der Waals surface area contributed by atoms with E-state index in [9.17, 15) is 9.59 Å². The van der Waals surface area contributed by atoms with Crippen LogP contribution in [0.15, 0.2) is 24.3 Å². The second kappa shape index (κ2) is 8.67. The predicted octanol–water partition coefficient (Wildman–Crippen LogP) is 2.33. The molecule has 0 aliphatic carbocycles. The van der Waals surface area contributed by atoms with Crippen LogP contribution in [-0.2, 0) is 16.1 Å². The number of likely N-dealkylation sites (tertiary alicyclic amines) is 2. The summed E-state index contributed by atoms with van der Waals surface area (Å²) < 4.78 is 0. The Kier molecular flexibility index (Phi) is 6.30. The fourth-order valence-corrected chi connectivity index (χ4v) is 3.95. The summed E-state index contributed by atoms with van der Waals surface area (Å²) in [6.45, 7) is 8.65. The van der Waals surface area contributed by atoms with Gasteiger partial charge in [-0.1, -0.05) is 36.8 Å². The molecule has 2 saturated heterocycles. The lowest BCUT2D eigenvalue weighted by Crippen LogP contribution is -2.46. The van der Waals surface area contributed by atoms with Crippen molar-refractivity contribution in [2.24, 2.45) is 5.92 Å². The zero-order valence-electron chi connectivity index (χ0n) is 16.0. The van der Waals surface area contributed by atoms with Crippen LogP contribution in [0.3, 0.4) is 0 Å². The van der Waals surface area contributed by atoms with Gasteiger partial charge in [0.15, 0.2) is 0 Å². The molecule has 26 heavy (non-hydrogen) atoms. The Balaban J connectivity index is 1.47. The number of hydrogen-bond donors (Lipinski definition) is 1. The third-order valence-electron chi connectivity index (χ3n) is 5.55. The van der Waals surface area contributed by atoms with Gasteiger partial charge >= 0.3 is 0 Å². The number of hydrogen-bond acceptors (Lipinski definition) is 3. The van der Waals surface area contributed by atoms with Gasteiger partial charge in [0.2, 0.25) is 11.8 Å². The molecule has 3 rings (SSSR count). The van der Waals surface area contributed by atoms with Crippen LogP contribution in [-0.4, -0.2) is 53.8 Å². The lowest BCUT2D eigenvalue weighted by molar-refractivity contribution is -0.129. The van der Waals surface area contributed by atoms with E-state index in [1.165, 1.54) is 12.0 Å². The van der Waals surface area contributed by atoms with E-state index in [4.69, 9.17) is 0 Å². The lowest BCUT2D eigenvalue weighted by Gasteiger charge is -2.32. The number of nitrogens with one attached hydrogen (secondary N) is 1. The maximum absolute atomic E-state index is 12.6. The largest absolute Gasteiger partial charge is 0.353 e. The molecule has 2 amide bonds. The van der Waals surface area contributed by atoms with Crippen molar-refractivity contribution in [1.82, 2.24) is 15.1 Å². The van der Waals surface area contributed by atoms with Crippen molar-refractivity contribution >= 4 is 11.8 Å². The Labute approximate surface area is 156 Å². The maximum atomic E-state index is 12.6. The summed E-state index contributed by atoms with van der Waals surface area (Å²) in [7, 11) is 0. The third kappa shape index (κ3) is 4.85. The van der Waals surface area contributed by atoms with E-state index < -0.39 is 0 Å². The van der Waals surface area contributed by atoms with Crippen molar-refractivity contribution in [3.05, 3.63) is 35.4 Å². The summed E-state index contributed by atoms with van der Waals surface area (Å²) in [6.07, 6.45) is 3.55. The fourth-order valence-electron chi connectivity index (χ4n) is 3.95. The number of carbonyl (C=O) groups excluding carboxylic acids is 2. The summed E-state index contributed by atoms with van der Waals surface area (Å²) in [5.74, 6) is -0.0659. The highest BCUT2D eigenvalue weighted by molar-refractivity contribution is 5.89. The Morgan fingerprint density at radius 3 is 2.54 bits per heavy atom. The van der Waals surface area contributed by atoms with Crippen LogP contribution in [0.1, 0.15) is 43.7 Å². The second-order valence-corrected chi connectivity index (χ2v) is 7.79. The first-order chi connectivity index (χ1) is 12.5. The Hall–Kier alpha value is -1.88. The zero-order chi connectivity index (χ0) is 18.5. The number of benzene rings is 1. The minimum absolute atomic E-state index is 0.0543. The third-order valence-corrected chi connectivity index (χ3v) is 5.55. The molecule has 2 aliphatic heterocycles. The highest BCUT2D eigenvalue weighted by Crippen LogP contribution is 2.21. The Morgan fingerprint density at radius 1 is 1.19 bits per heavy atom. The standard InChI is InChI=1S/C21H31N3O2/c1-3-10-23-11-8-19(9-12-23)22-21(26)18-13-20(25)24(15-18)14-17-6-4-16(2)5-7-17/h4-7,18-19H,3,8-15H2,1-2H3,(H,22,26). The molecule has 5 nitrogen and oxygen atoms in total. The highest BCUT2D eigenvalue weighted by atomic mass is 16.2. The van der Waals surface area contributed by atoms with E-state index in [0.29, 0.717) is 19.5 Å². The quantitative estimate of drug-likeness (QED) is 0.850. The number of amides is 2. The van der Waals surface area contributed by atoms with Crippen LogP contribution < -0.4 is 5.32 Å². The lowest BCUT2D eigenvalue weighted by atomic mass is 10.0. The summed E-state index contributed by atoms with van der Waals surface area (Å²) in [4.78, 5) is 29.2. The molecule has 2 fully saturated rings. The number of piperidine rings is 1. The van der Waals surface area contributed by atoms with Crippen LogP contribution in [0.4, 0.5) is 0 Å². The van der Waals surface area contributed by atoms with Gasteiger partial charge in [0.1, 0.15) is 0 Å². The van der Waals surface area contributed by atoms with Gasteiger partial charge in [-0.3, -0.25) is 9.59 Å². The average Bonchev–Trinajstić information content (AvgIpc) is 3.00. The van der Waals surface area contributed by atoms with Gasteiger partial charge in [-0.2, -0.15) is 0 Å². The van der Waals surface area contributed by atoms with E-state index in [1.54, 1.807) is 0 Å². The van der Waals surface area contributed by atoms with Gasteiger partial charge < -0.3 is 15.1 Å². The van der Waals surface area contributed by atoms with Crippen molar-refractivity contribution in [2.45, 2.75) is 52.1 Å². The average molecular weight is 357 g/mol. The first-order valence-corrected chi connectivity index (χ1v) is 9.91. The number of carbonyl (C=O) groups is 2. The van der Waals surface area contributed by atoms with E-state index in [1.807, 2.05) is 4.90 Å². The van der Waals surface area contributed by atoms with E-state index in [2.05, 4.69) is 48.3 Å². The zero-order valence-corrected chi connectivity index (χ0v) is 16.0. The van der Waals surface area contributed by atoms with E-state index >= 15 is 0 Å². The van der Waals surface area contributed by atoms with E-state index in [-0.39, 0.29) is 23.8 Å². The van der Waals surface area contributed by atoms with Crippen LogP contribution in [0.5, 0.6) is 0 Å². The number of nitrogens with zero attached hydrogens (tertiary/aromatic N) is 2. The second-order valence-electron chi connectivity index (χ2n) is 7.79. The van der Waals surface area contributed by atoms with Crippen LogP contribution in [0.2, 0.25) is 0 Å². The molecular formula is C21H31N3O2. The highest BCUT2D eigenvalue weighted by Gasteiger charge is 2.35. The number of rotatable bonds is 6. The molecule has 0 spiro atoms. The van der Waals surface area contributed by atoms with Crippen LogP contribution >= 0.6 is 0 Å². The van der Waals surface area contributed by atoms with Gasteiger partial charge in [0.05, 0.1) is 5.92 Å². The molecule has 0 bridgehead atoms. The van der Waals surface area contributed by atoms with Gasteiger partial charge in [0, 0.05) is 38.6 Å². The number of aryl methyl sites for hydroxylation is 1. The molecule has 1 atom stereocenters. The topological polar surface area (TPSA) is 52.7 Å². The molecular weight excluding hydrogens is 326 g/mol.